The normalized spacial score (nSPS) is 11.0. The third-order valence-corrected chi connectivity index (χ3v) is 4.92. The molecule has 0 aliphatic rings. The minimum Gasteiger partial charge on any atom is -0.376 e. The number of halogens is 1. The first-order valence-electron chi connectivity index (χ1n) is 6.94. The van der Waals surface area contributed by atoms with Gasteiger partial charge >= 0.3 is 0 Å². The molecule has 1 amide bonds. The molecule has 23 heavy (non-hydrogen) atoms. The summed E-state index contributed by atoms with van der Waals surface area (Å²) in [5, 5.41) is 2.76. The summed E-state index contributed by atoms with van der Waals surface area (Å²) in [7, 11) is 3.03. The van der Waals surface area contributed by atoms with Gasteiger partial charge in [0.2, 0.25) is 15.9 Å². The van der Waals surface area contributed by atoms with E-state index in [1.165, 1.54) is 26.2 Å². The fraction of sp³-hybridized carbons (Fsp3) is 0.500. The molecule has 0 aromatic heterocycles. The molecule has 1 rings (SSSR count). The van der Waals surface area contributed by atoms with Crippen molar-refractivity contribution in [3.8, 4) is 0 Å². The van der Waals surface area contributed by atoms with Crippen LogP contribution in [0.2, 0.25) is 0 Å². The molecule has 0 spiro atoms. The Morgan fingerprint density at radius 2 is 1.83 bits per heavy atom. The van der Waals surface area contributed by atoms with E-state index in [2.05, 4.69) is 5.32 Å². The first-order chi connectivity index (χ1) is 10.2. The quantitative estimate of drug-likeness (QED) is 0.755. The van der Waals surface area contributed by atoms with Gasteiger partial charge in [-0.1, -0.05) is 0 Å². The highest BCUT2D eigenvalue weighted by Crippen LogP contribution is 2.28. The lowest BCUT2D eigenvalue weighted by Gasteiger charge is -2.20. The minimum atomic E-state index is -3.55. The molecule has 7 nitrogen and oxygen atoms in total. The molecule has 0 saturated carbocycles. The molecule has 0 atom stereocenters. The van der Waals surface area contributed by atoms with Gasteiger partial charge in [0.25, 0.3) is 0 Å². The third-order valence-electron chi connectivity index (χ3n) is 3.11. The Morgan fingerprint density at radius 1 is 1.22 bits per heavy atom. The number of rotatable bonds is 7. The van der Waals surface area contributed by atoms with E-state index in [1.54, 1.807) is 6.07 Å². The van der Waals surface area contributed by atoms with E-state index in [0.717, 1.165) is 9.99 Å². The van der Waals surface area contributed by atoms with Crippen LogP contribution < -0.4 is 16.0 Å². The Balaban J connectivity index is 0.00000484. The molecule has 0 saturated heterocycles. The smallest absolute Gasteiger partial charge is 0.242 e. The Bertz CT molecular complexity index is 633. The highest BCUT2D eigenvalue weighted by Gasteiger charge is 2.19. The zero-order chi connectivity index (χ0) is 16.9. The number of nitrogens with two attached hydrogens (primary N) is 1. The molecule has 0 bridgehead atoms. The number of hydrogen-bond acceptors (Lipinski definition) is 5. The van der Waals surface area contributed by atoms with Crippen molar-refractivity contribution in [3.63, 3.8) is 0 Å². The van der Waals surface area contributed by atoms with Crippen molar-refractivity contribution in [2.24, 2.45) is 5.73 Å². The Hall–Kier alpha value is -1.35. The molecule has 0 unspecified atom stereocenters. The average Bonchev–Trinajstić information content (AvgIpc) is 2.44. The summed E-state index contributed by atoms with van der Waals surface area (Å²) < 4.78 is 25.5. The number of anilines is 2. The SMILES string of the molecule is CN(C)c1ccc(S(=O)(=O)N(C)C)cc1NC(=O)CCCN.Cl. The molecule has 3 N–H and O–H groups in total. The van der Waals surface area contributed by atoms with Crippen molar-refractivity contribution < 1.29 is 13.2 Å². The van der Waals surface area contributed by atoms with Gasteiger partial charge in [-0.3, -0.25) is 4.79 Å². The van der Waals surface area contributed by atoms with Crippen LogP contribution in [0.15, 0.2) is 23.1 Å². The zero-order valence-electron chi connectivity index (χ0n) is 13.9. The van der Waals surface area contributed by atoms with Gasteiger partial charge in [0.1, 0.15) is 0 Å². The number of hydrogen-bond donors (Lipinski definition) is 2. The third kappa shape index (κ3) is 5.65. The van der Waals surface area contributed by atoms with Crippen LogP contribution in [-0.2, 0) is 14.8 Å². The van der Waals surface area contributed by atoms with Crippen molar-refractivity contribution in [3.05, 3.63) is 18.2 Å². The van der Waals surface area contributed by atoms with E-state index in [9.17, 15) is 13.2 Å². The van der Waals surface area contributed by atoms with Gasteiger partial charge in [0.15, 0.2) is 0 Å². The van der Waals surface area contributed by atoms with Crippen LogP contribution in [0.3, 0.4) is 0 Å². The fourth-order valence-corrected chi connectivity index (χ4v) is 2.78. The van der Waals surface area contributed by atoms with Gasteiger partial charge in [-0.2, -0.15) is 0 Å². The van der Waals surface area contributed by atoms with Crippen molar-refractivity contribution in [2.45, 2.75) is 17.7 Å². The second-order valence-electron chi connectivity index (χ2n) is 5.30. The fourth-order valence-electron chi connectivity index (χ4n) is 1.85. The number of amides is 1. The van der Waals surface area contributed by atoms with Crippen LogP contribution in [0.25, 0.3) is 0 Å². The molecule has 0 radical (unpaired) electrons. The topological polar surface area (TPSA) is 95.7 Å². The van der Waals surface area contributed by atoms with Gasteiger partial charge in [0, 0.05) is 34.6 Å². The number of nitrogens with zero attached hydrogens (tertiary/aromatic N) is 2. The predicted molar refractivity (Wildman–Crippen MR) is 95.8 cm³/mol. The molecular weight excluding hydrogens is 340 g/mol. The molecule has 1 aromatic carbocycles. The van der Waals surface area contributed by atoms with E-state index in [0.29, 0.717) is 25.1 Å². The van der Waals surface area contributed by atoms with Crippen LogP contribution in [0.4, 0.5) is 11.4 Å². The van der Waals surface area contributed by atoms with E-state index in [4.69, 9.17) is 5.73 Å². The summed E-state index contributed by atoms with van der Waals surface area (Å²) in [4.78, 5) is 13.8. The molecule has 9 heteroatoms. The first kappa shape index (κ1) is 21.6. The van der Waals surface area contributed by atoms with Crippen molar-refractivity contribution in [1.82, 2.24) is 4.31 Å². The molecule has 0 aliphatic carbocycles. The van der Waals surface area contributed by atoms with Crippen LogP contribution >= 0.6 is 12.4 Å². The number of carbonyl (C=O) groups is 1. The van der Waals surface area contributed by atoms with Crippen molar-refractivity contribution >= 4 is 39.7 Å². The maximum absolute atomic E-state index is 12.2. The van der Waals surface area contributed by atoms with Crippen molar-refractivity contribution in [1.29, 1.82) is 0 Å². The lowest BCUT2D eigenvalue weighted by atomic mass is 10.2. The maximum atomic E-state index is 12.2. The van der Waals surface area contributed by atoms with Gasteiger partial charge in [-0.05, 0) is 31.2 Å². The highest BCUT2D eigenvalue weighted by atomic mass is 35.5. The number of carbonyl (C=O) groups excluding carboxylic acids is 1. The van der Waals surface area contributed by atoms with E-state index in [1.807, 2.05) is 19.0 Å². The number of benzene rings is 1. The Morgan fingerprint density at radius 3 is 2.30 bits per heavy atom. The number of sulfonamides is 1. The molecule has 1 aromatic rings. The lowest BCUT2D eigenvalue weighted by Crippen LogP contribution is -2.23. The van der Waals surface area contributed by atoms with E-state index < -0.39 is 10.0 Å². The molecule has 132 valence electrons. The highest BCUT2D eigenvalue weighted by molar-refractivity contribution is 7.89. The van der Waals surface area contributed by atoms with E-state index >= 15 is 0 Å². The van der Waals surface area contributed by atoms with Crippen LogP contribution in [0.1, 0.15) is 12.8 Å². The van der Waals surface area contributed by atoms with Gasteiger partial charge < -0.3 is 16.0 Å². The predicted octanol–water partition coefficient (Wildman–Crippen LogP) is 1.10. The molecule has 0 heterocycles. The van der Waals surface area contributed by atoms with E-state index in [-0.39, 0.29) is 23.2 Å². The van der Waals surface area contributed by atoms with Gasteiger partial charge in [-0.15, -0.1) is 12.4 Å². The summed E-state index contributed by atoms with van der Waals surface area (Å²) >= 11 is 0. The van der Waals surface area contributed by atoms with Crippen LogP contribution in [0, 0.1) is 0 Å². The van der Waals surface area contributed by atoms with Crippen LogP contribution in [0.5, 0.6) is 0 Å². The zero-order valence-corrected chi connectivity index (χ0v) is 15.5. The summed E-state index contributed by atoms with van der Waals surface area (Å²) in [6.45, 7) is 0.434. The first-order valence-corrected chi connectivity index (χ1v) is 8.38. The Labute approximate surface area is 144 Å². The van der Waals surface area contributed by atoms with Crippen LogP contribution in [-0.4, -0.2) is 53.4 Å². The second kappa shape index (κ2) is 9.07. The summed E-state index contributed by atoms with van der Waals surface area (Å²) in [6.07, 6.45) is 0.882. The van der Waals surface area contributed by atoms with Crippen molar-refractivity contribution in [2.75, 3.05) is 45.0 Å². The average molecular weight is 365 g/mol. The maximum Gasteiger partial charge on any atom is 0.242 e. The molecular formula is C14H25ClN4O3S. The number of nitrogens with one attached hydrogen (secondary N) is 1. The molecule has 0 aliphatic heterocycles. The van der Waals surface area contributed by atoms with Gasteiger partial charge in [-0.25, -0.2) is 12.7 Å². The summed E-state index contributed by atoms with van der Waals surface area (Å²) in [5.41, 5.74) is 6.59. The largest absolute Gasteiger partial charge is 0.376 e. The monoisotopic (exact) mass is 364 g/mol. The lowest BCUT2D eigenvalue weighted by molar-refractivity contribution is -0.116. The second-order valence-corrected chi connectivity index (χ2v) is 7.45. The summed E-state index contributed by atoms with van der Waals surface area (Å²) in [5.74, 6) is -0.187. The van der Waals surface area contributed by atoms with Gasteiger partial charge in [0.05, 0.1) is 16.3 Å². The Kier molecular flexibility index (Phi) is 8.54. The molecule has 0 fully saturated rings. The standard InChI is InChI=1S/C14H24N4O3S.ClH/c1-17(2)13-8-7-11(22(20,21)18(3)4)10-12(13)16-14(19)6-5-9-15;/h7-8,10H,5-6,9,15H2,1-4H3,(H,16,19);1H. The minimum absolute atomic E-state index is 0. The summed E-state index contributed by atoms with van der Waals surface area (Å²) in [6, 6.07) is 4.68.